The van der Waals surface area contributed by atoms with E-state index >= 15 is 0 Å². The lowest BCUT2D eigenvalue weighted by atomic mass is 10.0. The smallest absolute Gasteiger partial charge is 0.143 e. The van der Waals surface area contributed by atoms with Gasteiger partial charge in [-0.05, 0) is 53.1 Å². The highest BCUT2D eigenvalue weighted by atomic mass is 16.3. The van der Waals surface area contributed by atoms with Crippen molar-refractivity contribution in [1.82, 2.24) is 4.57 Å². The van der Waals surface area contributed by atoms with Crippen LogP contribution in [0.3, 0.4) is 0 Å². The molecule has 0 bridgehead atoms. The largest absolute Gasteiger partial charge is 0.455 e. The monoisotopic (exact) mass is 485 g/mol. The van der Waals surface area contributed by atoms with Gasteiger partial charge in [-0.25, -0.2) is 0 Å². The predicted molar refractivity (Wildman–Crippen MR) is 159 cm³/mol. The average Bonchev–Trinajstić information content (AvgIpc) is 3.53. The minimum absolute atomic E-state index is 0.922. The number of hydrogen-bond acceptors (Lipinski definition) is 1. The zero-order chi connectivity index (χ0) is 25.1. The van der Waals surface area contributed by atoms with Crippen molar-refractivity contribution < 1.29 is 4.42 Å². The van der Waals surface area contributed by atoms with Crippen LogP contribution in [0.25, 0.3) is 71.7 Å². The van der Waals surface area contributed by atoms with Gasteiger partial charge >= 0.3 is 0 Å². The summed E-state index contributed by atoms with van der Waals surface area (Å²) < 4.78 is 8.74. The van der Waals surface area contributed by atoms with E-state index in [0.29, 0.717) is 0 Å². The van der Waals surface area contributed by atoms with Crippen LogP contribution in [0, 0.1) is 0 Å². The molecule has 0 spiro atoms. The van der Waals surface area contributed by atoms with Crippen LogP contribution in [-0.2, 0) is 0 Å². The van der Waals surface area contributed by atoms with Gasteiger partial charge in [-0.3, -0.25) is 0 Å². The lowest BCUT2D eigenvalue weighted by Crippen LogP contribution is -1.94. The van der Waals surface area contributed by atoms with E-state index in [4.69, 9.17) is 4.42 Å². The van der Waals surface area contributed by atoms with E-state index in [0.717, 1.165) is 38.8 Å². The van der Waals surface area contributed by atoms with Gasteiger partial charge in [0.05, 0.1) is 11.0 Å². The summed E-state index contributed by atoms with van der Waals surface area (Å²) in [6.07, 6.45) is 0. The van der Waals surface area contributed by atoms with Crippen LogP contribution >= 0.6 is 0 Å². The van der Waals surface area contributed by atoms with Crippen molar-refractivity contribution >= 4 is 43.7 Å². The number of rotatable bonds is 3. The van der Waals surface area contributed by atoms with Gasteiger partial charge in [0.1, 0.15) is 11.2 Å². The lowest BCUT2D eigenvalue weighted by Gasteiger charge is -2.11. The Labute approximate surface area is 220 Å². The first kappa shape index (κ1) is 21.0. The fourth-order valence-corrected chi connectivity index (χ4v) is 5.85. The van der Waals surface area contributed by atoms with Gasteiger partial charge < -0.3 is 8.98 Å². The van der Waals surface area contributed by atoms with Gasteiger partial charge in [-0.15, -0.1) is 0 Å². The number of para-hydroxylation sites is 3. The van der Waals surface area contributed by atoms with Crippen molar-refractivity contribution in [3.63, 3.8) is 0 Å². The normalized spacial score (nSPS) is 11.7. The van der Waals surface area contributed by atoms with Crippen molar-refractivity contribution in [2.24, 2.45) is 0 Å². The Morgan fingerprint density at radius 1 is 0.421 bits per heavy atom. The summed E-state index contributed by atoms with van der Waals surface area (Å²) in [5.41, 5.74) is 10.1. The van der Waals surface area contributed by atoms with Crippen LogP contribution in [0.4, 0.5) is 0 Å². The van der Waals surface area contributed by atoms with Crippen molar-refractivity contribution in [3.8, 4) is 27.9 Å². The van der Waals surface area contributed by atoms with Crippen LogP contribution in [0.1, 0.15) is 0 Å². The Morgan fingerprint density at radius 2 is 1.13 bits per heavy atom. The zero-order valence-electron chi connectivity index (χ0n) is 20.6. The zero-order valence-corrected chi connectivity index (χ0v) is 20.6. The molecule has 0 aliphatic carbocycles. The summed E-state index contributed by atoms with van der Waals surface area (Å²) in [5.74, 6) is 0. The van der Waals surface area contributed by atoms with E-state index in [1.54, 1.807) is 0 Å². The van der Waals surface area contributed by atoms with E-state index in [-0.39, 0.29) is 0 Å². The number of aromatic nitrogens is 1. The summed E-state index contributed by atoms with van der Waals surface area (Å²) in [4.78, 5) is 0. The second-order valence-electron chi connectivity index (χ2n) is 9.78. The molecule has 8 aromatic rings. The van der Waals surface area contributed by atoms with E-state index < -0.39 is 0 Å². The van der Waals surface area contributed by atoms with E-state index in [2.05, 4.69) is 132 Å². The summed E-state index contributed by atoms with van der Waals surface area (Å²) in [7, 11) is 0. The molecule has 6 aromatic carbocycles. The fraction of sp³-hybridized carbons (Fsp3) is 0. The quantitative estimate of drug-likeness (QED) is 0.243. The standard InChI is InChI=1S/C36H23NO/c1-2-10-24(11-3-1)25-12-8-13-27(22-25)37-33-18-6-4-14-29(33)32-23-26(20-21-34(32)37)28-16-9-17-31-30-15-5-7-19-35(30)38-36(28)31/h1-23H. The Morgan fingerprint density at radius 3 is 2.05 bits per heavy atom. The first-order chi connectivity index (χ1) is 18.8. The number of benzene rings is 6. The molecular formula is C36H23NO. The second kappa shape index (κ2) is 8.22. The minimum atomic E-state index is 0.922. The summed E-state index contributed by atoms with van der Waals surface area (Å²) in [5, 5.41) is 4.78. The summed E-state index contributed by atoms with van der Waals surface area (Å²) >= 11 is 0. The van der Waals surface area contributed by atoms with Gasteiger partial charge in [0.15, 0.2) is 0 Å². The first-order valence-electron chi connectivity index (χ1n) is 12.9. The lowest BCUT2D eigenvalue weighted by molar-refractivity contribution is 0.670. The molecule has 0 aliphatic heterocycles. The van der Waals surface area contributed by atoms with Crippen molar-refractivity contribution in [3.05, 3.63) is 140 Å². The van der Waals surface area contributed by atoms with Crippen molar-refractivity contribution in [2.45, 2.75) is 0 Å². The highest BCUT2D eigenvalue weighted by Gasteiger charge is 2.16. The molecule has 2 nitrogen and oxygen atoms in total. The maximum absolute atomic E-state index is 6.36. The molecular weight excluding hydrogens is 462 g/mol. The summed E-state index contributed by atoms with van der Waals surface area (Å²) in [6.45, 7) is 0. The molecule has 0 saturated heterocycles. The van der Waals surface area contributed by atoms with Crippen LogP contribution in [0.2, 0.25) is 0 Å². The van der Waals surface area contributed by atoms with Gasteiger partial charge in [0, 0.05) is 32.8 Å². The topological polar surface area (TPSA) is 18.1 Å². The molecule has 0 amide bonds. The Balaban J connectivity index is 1.36. The van der Waals surface area contributed by atoms with Gasteiger partial charge in [0.25, 0.3) is 0 Å². The third kappa shape index (κ3) is 3.14. The Bertz CT molecular complexity index is 2130. The summed E-state index contributed by atoms with van der Waals surface area (Å²) in [6, 6.07) is 49.5. The molecule has 0 saturated carbocycles. The molecule has 8 rings (SSSR count). The minimum Gasteiger partial charge on any atom is -0.455 e. The number of furan rings is 1. The van der Waals surface area contributed by atoms with E-state index in [1.807, 2.05) is 12.1 Å². The molecule has 0 fully saturated rings. The van der Waals surface area contributed by atoms with E-state index in [1.165, 1.54) is 32.9 Å². The average molecular weight is 486 g/mol. The molecule has 0 unspecified atom stereocenters. The Kier molecular flexibility index (Phi) is 4.55. The molecule has 0 aliphatic rings. The molecule has 0 atom stereocenters. The third-order valence-electron chi connectivity index (χ3n) is 7.60. The van der Waals surface area contributed by atoms with Crippen molar-refractivity contribution in [2.75, 3.05) is 0 Å². The first-order valence-corrected chi connectivity index (χ1v) is 12.9. The number of fused-ring (bicyclic) bond motifs is 6. The predicted octanol–water partition coefficient (Wildman–Crippen LogP) is 10.0. The van der Waals surface area contributed by atoms with Crippen LogP contribution in [0.5, 0.6) is 0 Å². The molecule has 0 N–H and O–H groups in total. The molecule has 178 valence electrons. The SMILES string of the molecule is c1ccc(-c2cccc(-n3c4ccccc4c4cc(-c5cccc6c5oc5ccccc56)ccc43)c2)cc1. The number of nitrogens with zero attached hydrogens (tertiary/aromatic N) is 1. The molecule has 0 radical (unpaired) electrons. The van der Waals surface area contributed by atoms with Crippen LogP contribution < -0.4 is 0 Å². The highest BCUT2D eigenvalue weighted by molar-refractivity contribution is 6.13. The van der Waals surface area contributed by atoms with Crippen LogP contribution in [-0.4, -0.2) is 4.57 Å². The third-order valence-corrected chi connectivity index (χ3v) is 7.60. The fourth-order valence-electron chi connectivity index (χ4n) is 5.85. The molecule has 2 heterocycles. The number of hydrogen-bond donors (Lipinski definition) is 0. The maximum atomic E-state index is 6.36. The van der Waals surface area contributed by atoms with Crippen LogP contribution in [0.15, 0.2) is 144 Å². The van der Waals surface area contributed by atoms with Gasteiger partial charge in [0.2, 0.25) is 0 Å². The van der Waals surface area contributed by atoms with Gasteiger partial charge in [-0.1, -0.05) is 103 Å². The second-order valence-corrected chi connectivity index (χ2v) is 9.78. The highest BCUT2D eigenvalue weighted by Crippen LogP contribution is 2.39. The molecule has 2 aromatic heterocycles. The van der Waals surface area contributed by atoms with Gasteiger partial charge in [-0.2, -0.15) is 0 Å². The van der Waals surface area contributed by atoms with E-state index in [9.17, 15) is 0 Å². The Hall–Kier alpha value is -5.08. The maximum Gasteiger partial charge on any atom is 0.143 e. The molecule has 38 heavy (non-hydrogen) atoms. The van der Waals surface area contributed by atoms with Crippen molar-refractivity contribution in [1.29, 1.82) is 0 Å². The molecule has 2 heteroatoms.